The molecule has 2 unspecified atom stereocenters. The van der Waals surface area contributed by atoms with Gasteiger partial charge < -0.3 is 29.3 Å². The maximum absolute atomic E-state index is 16.7. The summed E-state index contributed by atoms with van der Waals surface area (Å²) in [5, 5.41) is 6.03. The number of likely N-dealkylation sites (tertiary alicyclic amines) is 1. The third-order valence-corrected chi connectivity index (χ3v) is 17.5. The fraction of sp³-hybridized carbons (Fsp3) is 0.529. The lowest BCUT2D eigenvalue weighted by Crippen LogP contribution is -2.59. The lowest BCUT2D eigenvalue weighted by molar-refractivity contribution is -0.148. The van der Waals surface area contributed by atoms with Crippen molar-refractivity contribution in [3.8, 4) is 5.75 Å². The third kappa shape index (κ3) is 11.5. The molecule has 0 bridgehead atoms. The van der Waals surface area contributed by atoms with Crippen molar-refractivity contribution in [2.24, 2.45) is 0 Å². The van der Waals surface area contributed by atoms with E-state index >= 15 is 4.39 Å². The molecule has 3 aliphatic heterocycles. The van der Waals surface area contributed by atoms with Crippen molar-refractivity contribution in [3.05, 3.63) is 101 Å². The molecule has 18 heteroatoms. The van der Waals surface area contributed by atoms with Crippen LogP contribution in [0.15, 0.2) is 84.9 Å². The van der Waals surface area contributed by atoms with Gasteiger partial charge in [-0.3, -0.25) is 23.7 Å². The summed E-state index contributed by atoms with van der Waals surface area (Å²) in [5.41, 5.74) is 0.900. The predicted molar refractivity (Wildman–Crippen MR) is 257 cm³/mol. The van der Waals surface area contributed by atoms with Crippen LogP contribution in [0.25, 0.3) is 10.1 Å². The number of esters is 1. The van der Waals surface area contributed by atoms with Gasteiger partial charge in [-0.2, -0.15) is 13.2 Å². The third-order valence-electron chi connectivity index (χ3n) is 14.3. The summed E-state index contributed by atoms with van der Waals surface area (Å²) in [4.78, 5) is 62.7. The maximum Gasteiger partial charge on any atom is 0.389 e. The largest absolute Gasteiger partial charge is 0.465 e. The number of alkyl halides is 4. The van der Waals surface area contributed by atoms with Crippen LogP contribution in [-0.4, -0.2) is 107 Å². The van der Waals surface area contributed by atoms with E-state index in [4.69, 9.17) is 9.26 Å². The van der Waals surface area contributed by atoms with Gasteiger partial charge >= 0.3 is 19.7 Å². The fourth-order valence-electron chi connectivity index (χ4n) is 10.6. The first-order chi connectivity index (χ1) is 33.0. The number of fused-ring (bicyclic) bond motifs is 2. The van der Waals surface area contributed by atoms with Gasteiger partial charge in [0.2, 0.25) is 17.7 Å². The average Bonchev–Trinajstić information content (AvgIpc) is 3.60. The Labute approximate surface area is 405 Å². The standard InChI is InChI=1S/C51H62F4N5O7PS/c1-4-27-66-49(64)33(3)57-68(65,67-40-15-10-7-11-16-40)45(52)35-17-22-43-36(28-35)29-44(69-43)46(61)56-41-20-18-38(58(5-2)26-12-23-51(53,54)55)30-39-19-21-42(60(39)47(41)62)48(63)59-32-37(31-50(59)24-25-50)34-13-8-6-9-14-34/h6-11,13-17,22,28-29,33,37-39,41-42,45H,4-5,12,18-21,23-27,30-32H2,1-3H3,(H,56,61)(H,57,65)/t33-,37+,38-,39+,41?,42-,45-,68?/m0/s1. The summed E-state index contributed by atoms with van der Waals surface area (Å²) in [7, 11) is -4.52. The van der Waals surface area contributed by atoms with Crippen LogP contribution in [0.3, 0.4) is 0 Å². The number of hydrogen-bond acceptors (Lipinski definition) is 9. The zero-order valence-corrected chi connectivity index (χ0v) is 41.0. The van der Waals surface area contributed by atoms with Crippen molar-refractivity contribution in [3.63, 3.8) is 0 Å². The fourth-order valence-corrected chi connectivity index (χ4v) is 13.5. The zero-order chi connectivity index (χ0) is 49.1. The Hall–Kier alpha value is -4.83. The van der Waals surface area contributed by atoms with Crippen molar-refractivity contribution in [1.82, 2.24) is 25.1 Å². The Balaban J connectivity index is 1.04. The highest BCUT2D eigenvalue weighted by atomic mass is 32.1. The number of hydrogen-bond donors (Lipinski definition) is 2. The summed E-state index contributed by atoms with van der Waals surface area (Å²) < 4.78 is 82.6. The number of halogens is 4. The van der Waals surface area contributed by atoms with E-state index in [1.54, 1.807) is 35.2 Å². The molecule has 12 nitrogen and oxygen atoms in total. The maximum atomic E-state index is 16.7. The van der Waals surface area contributed by atoms with Crippen LogP contribution in [0.1, 0.15) is 124 Å². The van der Waals surface area contributed by atoms with E-state index in [-0.39, 0.29) is 77.5 Å². The minimum absolute atomic E-state index is 0.0260. The molecule has 4 heterocycles. The van der Waals surface area contributed by atoms with E-state index in [0.29, 0.717) is 55.3 Å². The molecule has 1 aromatic heterocycles. The van der Waals surface area contributed by atoms with Gasteiger partial charge in [0, 0.05) is 41.2 Å². The van der Waals surface area contributed by atoms with E-state index in [2.05, 4.69) is 22.5 Å². The number of carbonyl (C=O) groups is 4. The molecular weight excluding hydrogens is 934 g/mol. The summed E-state index contributed by atoms with van der Waals surface area (Å²) in [6, 6.07) is 20.8. The lowest BCUT2D eigenvalue weighted by atomic mass is 9.93. The van der Waals surface area contributed by atoms with Crippen LogP contribution >= 0.6 is 18.9 Å². The van der Waals surface area contributed by atoms with Gasteiger partial charge in [0.05, 0.1) is 11.5 Å². The van der Waals surface area contributed by atoms with Gasteiger partial charge in [-0.25, -0.2) is 9.48 Å². The highest BCUT2D eigenvalue weighted by Crippen LogP contribution is 2.58. The summed E-state index contributed by atoms with van der Waals surface area (Å²) in [5.74, 6) is -3.67. The van der Waals surface area contributed by atoms with E-state index in [1.165, 1.54) is 36.8 Å². The second-order valence-corrected chi connectivity index (χ2v) is 22.3. The van der Waals surface area contributed by atoms with Crippen LogP contribution in [-0.2, 0) is 23.7 Å². The van der Waals surface area contributed by atoms with Crippen molar-refractivity contribution in [1.29, 1.82) is 0 Å². The Kier molecular flexibility index (Phi) is 15.6. The predicted octanol–water partition coefficient (Wildman–Crippen LogP) is 10.3. The number of nitrogens with one attached hydrogen (secondary N) is 2. The quantitative estimate of drug-likeness (QED) is 0.0567. The number of thiophene rings is 1. The normalized spacial score (nSPS) is 24.1. The van der Waals surface area contributed by atoms with Gasteiger partial charge in [0.1, 0.15) is 23.9 Å². The number of nitrogens with zero attached hydrogens (tertiary/aromatic N) is 3. The zero-order valence-electron chi connectivity index (χ0n) is 39.3. The van der Waals surface area contributed by atoms with Crippen molar-refractivity contribution >= 4 is 52.6 Å². The number of carbonyl (C=O) groups excluding carboxylic acids is 4. The van der Waals surface area contributed by atoms with E-state index in [1.807, 2.05) is 41.8 Å². The van der Waals surface area contributed by atoms with Gasteiger partial charge in [0.25, 0.3) is 5.91 Å². The molecule has 4 fully saturated rings. The molecule has 4 aromatic rings. The summed E-state index contributed by atoms with van der Waals surface area (Å²) in [6.45, 7) is 6.55. The molecule has 4 aliphatic rings. The number of amides is 3. The molecule has 1 aliphatic carbocycles. The van der Waals surface area contributed by atoms with Crippen LogP contribution in [0.5, 0.6) is 5.75 Å². The lowest BCUT2D eigenvalue weighted by Gasteiger charge is -2.41. The molecule has 69 heavy (non-hydrogen) atoms. The number of rotatable bonds is 18. The monoisotopic (exact) mass is 995 g/mol. The molecule has 8 atom stereocenters. The molecule has 1 saturated carbocycles. The SMILES string of the molecule is CCCOC(=O)[C@H](C)NP(=O)(Oc1ccccc1)[C@H](F)c1ccc2sc(C(=O)NC3CC[C@H](N(CC)CCCC(F)(F)F)C[C@H]4CC[C@@H](C(=O)N5C[C@H](c6ccccc6)CC56CC6)N4C3=O)cc2c1. The first-order valence-corrected chi connectivity index (χ1v) is 26.8. The molecule has 2 N–H and O–H groups in total. The topological polar surface area (TPSA) is 138 Å². The number of para-hydroxylation sites is 1. The number of ether oxygens (including phenoxy) is 1. The molecule has 8 rings (SSSR count). The van der Waals surface area contributed by atoms with Gasteiger partial charge in [-0.1, -0.05) is 68.4 Å². The van der Waals surface area contributed by atoms with Crippen molar-refractivity contribution in [2.45, 2.75) is 145 Å². The van der Waals surface area contributed by atoms with E-state index < -0.39 is 56.0 Å². The van der Waals surface area contributed by atoms with Crippen LogP contribution in [0.4, 0.5) is 17.6 Å². The average molecular weight is 996 g/mol. The van der Waals surface area contributed by atoms with E-state index in [9.17, 15) is 36.9 Å². The second kappa shape index (κ2) is 21.3. The first kappa shape index (κ1) is 50.6. The second-order valence-electron chi connectivity index (χ2n) is 19.1. The molecule has 3 amide bonds. The highest BCUT2D eigenvalue weighted by molar-refractivity contribution is 7.57. The molecule has 0 radical (unpaired) electrons. The molecular formula is C51H62F4N5O7PS. The van der Waals surface area contributed by atoms with Crippen molar-refractivity contribution in [2.75, 3.05) is 26.2 Å². The smallest absolute Gasteiger partial charge is 0.389 e. The van der Waals surface area contributed by atoms with E-state index in [0.717, 1.165) is 30.6 Å². The Morgan fingerprint density at radius 2 is 1.70 bits per heavy atom. The number of benzene rings is 3. The minimum Gasteiger partial charge on any atom is -0.465 e. The molecule has 3 saturated heterocycles. The van der Waals surface area contributed by atoms with Gasteiger partial charge in [0.15, 0.2) is 0 Å². The van der Waals surface area contributed by atoms with Crippen LogP contribution in [0, 0.1) is 0 Å². The summed E-state index contributed by atoms with van der Waals surface area (Å²) in [6.07, 6.45) is 0.0819. The minimum atomic E-state index is -4.52. The molecule has 3 aromatic carbocycles. The molecule has 372 valence electrons. The Morgan fingerprint density at radius 1 is 0.971 bits per heavy atom. The Bertz CT molecular complexity index is 2510. The summed E-state index contributed by atoms with van der Waals surface area (Å²) >= 11 is 1.13. The highest BCUT2D eigenvalue weighted by Gasteiger charge is 2.58. The Morgan fingerprint density at radius 3 is 2.38 bits per heavy atom. The van der Waals surface area contributed by atoms with Crippen LogP contribution in [0.2, 0.25) is 0 Å². The van der Waals surface area contributed by atoms with Gasteiger partial charge in [-0.05, 0) is 131 Å². The van der Waals surface area contributed by atoms with Crippen LogP contribution < -0.4 is 14.9 Å². The van der Waals surface area contributed by atoms with Crippen molar-refractivity contribution < 1.29 is 50.6 Å². The van der Waals surface area contributed by atoms with Gasteiger partial charge in [-0.15, -0.1) is 11.3 Å². The first-order valence-electron chi connectivity index (χ1n) is 24.3. The molecule has 1 spiro atoms.